The summed E-state index contributed by atoms with van der Waals surface area (Å²) < 4.78 is 5.59. The molecule has 2 bridgehead atoms. The highest BCUT2D eigenvalue weighted by molar-refractivity contribution is 5.69. The van der Waals surface area contributed by atoms with Gasteiger partial charge >= 0.3 is 6.09 Å². The van der Waals surface area contributed by atoms with Gasteiger partial charge in [0.15, 0.2) is 0 Å². The second-order valence-corrected chi connectivity index (χ2v) is 6.81. The normalized spacial score (nSPS) is 27.5. The van der Waals surface area contributed by atoms with Crippen molar-refractivity contribution >= 4 is 6.09 Å². The third-order valence-electron chi connectivity index (χ3n) is 5.19. The van der Waals surface area contributed by atoms with Crippen LogP contribution in [0.1, 0.15) is 57.4 Å². The summed E-state index contributed by atoms with van der Waals surface area (Å²) in [7, 11) is 0. The Balaban J connectivity index is 1.60. The quantitative estimate of drug-likeness (QED) is 0.802. The first-order valence-electron chi connectivity index (χ1n) is 8.77. The fourth-order valence-electron chi connectivity index (χ4n) is 4.23. The maximum absolute atomic E-state index is 12.6. The molecule has 0 radical (unpaired) electrons. The van der Waals surface area contributed by atoms with Crippen LogP contribution in [0.3, 0.4) is 0 Å². The third kappa shape index (κ3) is 3.45. The molecule has 2 aliphatic rings. The molecule has 3 heteroatoms. The molecule has 0 aromatic heterocycles. The molecular weight excluding hydrogens is 274 g/mol. The standard InChI is InChI=1S/C19H27NO2/c1-2-7-16-12-17-10-6-11-18(13-16)20(17)19(21)22-14-15-8-4-3-5-9-15/h3-5,8-9,16-18H,2,6-7,10-14H2,1H3. The van der Waals surface area contributed by atoms with E-state index < -0.39 is 0 Å². The first-order chi connectivity index (χ1) is 10.8. The molecule has 0 spiro atoms. The smallest absolute Gasteiger partial charge is 0.410 e. The molecule has 2 aliphatic heterocycles. The monoisotopic (exact) mass is 301 g/mol. The van der Waals surface area contributed by atoms with E-state index in [0.29, 0.717) is 18.7 Å². The van der Waals surface area contributed by atoms with Crippen molar-refractivity contribution in [2.24, 2.45) is 5.92 Å². The molecule has 2 saturated heterocycles. The van der Waals surface area contributed by atoms with Crippen molar-refractivity contribution in [1.82, 2.24) is 4.90 Å². The highest BCUT2D eigenvalue weighted by Crippen LogP contribution is 2.39. The van der Waals surface area contributed by atoms with Gasteiger partial charge in [0.05, 0.1) is 0 Å². The number of nitrogens with zero attached hydrogens (tertiary/aromatic N) is 1. The van der Waals surface area contributed by atoms with Crippen LogP contribution in [-0.4, -0.2) is 23.1 Å². The summed E-state index contributed by atoms with van der Waals surface area (Å²) in [6, 6.07) is 10.8. The Labute approximate surface area is 133 Å². The van der Waals surface area contributed by atoms with Gasteiger partial charge in [-0.3, -0.25) is 0 Å². The van der Waals surface area contributed by atoms with Crippen LogP contribution in [0.25, 0.3) is 0 Å². The largest absolute Gasteiger partial charge is 0.445 e. The number of ether oxygens (including phenoxy) is 1. The number of carbonyl (C=O) groups is 1. The summed E-state index contributed by atoms with van der Waals surface area (Å²) in [4.78, 5) is 14.6. The lowest BCUT2D eigenvalue weighted by atomic mass is 9.77. The van der Waals surface area contributed by atoms with Gasteiger partial charge in [0.2, 0.25) is 0 Å². The second kappa shape index (κ2) is 7.17. The van der Waals surface area contributed by atoms with Crippen molar-refractivity contribution in [1.29, 1.82) is 0 Å². The molecule has 2 fully saturated rings. The van der Waals surface area contributed by atoms with E-state index in [9.17, 15) is 4.79 Å². The van der Waals surface area contributed by atoms with Gasteiger partial charge in [-0.1, -0.05) is 50.1 Å². The van der Waals surface area contributed by atoms with E-state index in [1.54, 1.807) is 0 Å². The molecule has 3 rings (SSSR count). The lowest BCUT2D eigenvalue weighted by molar-refractivity contribution is 0.00182. The Bertz CT molecular complexity index is 473. The van der Waals surface area contributed by atoms with Gasteiger partial charge in [0.1, 0.15) is 6.61 Å². The van der Waals surface area contributed by atoms with Crippen LogP contribution in [0.4, 0.5) is 4.79 Å². The van der Waals surface area contributed by atoms with E-state index in [-0.39, 0.29) is 6.09 Å². The number of hydrogen-bond acceptors (Lipinski definition) is 2. The van der Waals surface area contributed by atoms with Crippen LogP contribution in [0, 0.1) is 5.92 Å². The topological polar surface area (TPSA) is 29.5 Å². The molecule has 2 unspecified atom stereocenters. The first-order valence-corrected chi connectivity index (χ1v) is 8.77. The summed E-state index contributed by atoms with van der Waals surface area (Å²) in [5, 5.41) is 0. The number of fused-ring (bicyclic) bond motifs is 2. The van der Waals surface area contributed by atoms with E-state index in [0.717, 1.165) is 24.3 Å². The molecular formula is C19H27NO2. The SMILES string of the molecule is CCCC1CC2CCCC(C1)N2C(=O)OCc1ccccc1. The van der Waals surface area contributed by atoms with Crippen LogP contribution in [0.2, 0.25) is 0 Å². The zero-order valence-corrected chi connectivity index (χ0v) is 13.5. The second-order valence-electron chi connectivity index (χ2n) is 6.81. The molecule has 1 aromatic rings. The molecule has 0 saturated carbocycles. The van der Waals surface area contributed by atoms with E-state index in [4.69, 9.17) is 4.74 Å². The van der Waals surface area contributed by atoms with Crippen molar-refractivity contribution in [2.45, 2.75) is 70.6 Å². The Morgan fingerprint density at radius 2 is 1.86 bits per heavy atom. The van der Waals surface area contributed by atoms with Crippen LogP contribution >= 0.6 is 0 Å². The summed E-state index contributed by atoms with van der Waals surface area (Å²) in [6.45, 7) is 2.64. The van der Waals surface area contributed by atoms with E-state index in [1.807, 2.05) is 30.3 Å². The van der Waals surface area contributed by atoms with E-state index >= 15 is 0 Å². The average molecular weight is 301 g/mol. The highest BCUT2D eigenvalue weighted by atomic mass is 16.6. The summed E-state index contributed by atoms with van der Waals surface area (Å²) in [6.07, 6.45) is 8.36. The van der Waals surface area contributed by atoms with Crippen LogP contribution < -0.4 is 0 Å². The number of hydrogen-bond donors (Lipinski definition) is 0. The minimum atomic E-state index is -0.103. The van der Waals surface area contributed by atoms with Gasteiger partial charge < -0.3 is 9.64 Å². The minimum absolute atomic E-state index is 0.103. The van der Waals surface area contributed by atoms with Crippen molar-refractivity contribution in [3.05, 3.63) is 35.9 Å². The Hall–Kier alpha value is -1.51. The first kappa shape index (κ1) is 15.4. The summed E-state index contributed by atoms with van der Waals surface area (Å²) >= 11 is 0. The Morgan fingerprint density at radius 3 is 2.50 bits per heavy atom. The summed E-state index contributed by atoms with van der Waals surface area (Å²) in [5.74, 6) is 0.804. The lowest BCUT2D eigenvalue weighted by Gasteiger charge is -2.48. The molecule has 0 aliphatic carbocycles. The maximum Gasteiger partial charge on any atom is 0.410 e. The Kier molecular flexibility index (Phi) is 5.01. The third-order valence-corrected chi connectivity index (χ3v) is 5.19. The van der Waals surface area contributed by atoms with Crippen molar-refractivity contribution in [3.63, 3.8) is 0 Å². The average Bonchev–Trinajstić information content (AvgIpc) is 2.53. The molecule has 22 heavy (non-hydrogen) atoms. The zero-order valence-electron chi connectivity index (χ0n) is 13.5. The number of rotatable bonds is 4. The predicted molar refractivity (Wildman–Crippen MR) is 87.5 cm³/mol. The van der Waals surface area contributed by atoms with Crippen molar-refractivity contribution in [3.8, 4) is 0 Å². The van der Waals surface area contributed by atoms with Crippen LogP contribution in [-0.2, 0) is 11.3 Å². The molecule has 1 aromatic carbocycles. The maximum atomic E-state index is 12.6. The molecule has 2 heterocycles. The molecule has 120 valence electrons. The van der Waals surface area contributed by atoms with Crippen LogP contribution in [0.5, 0.6) is 0 Å². The minimum Gasteiger partial charge on any atom is -0.445 e. The zero-order chi connectivity index (χ0) is 15.4. The van der Waals surface area contributed by atoms with Gasteiger partial charge in [-0.05, 0) is 43.6 Å². The molecule has 0 N–H and O–H groups in total. The number of amides is 1. The highest BCUT2D eigenvalue weighted by Gasteiger charge is 2.41. The number of benzene rings is 1. The Morgan fingerprint density at radius 1 is 1.18 bits per heavy atom. The van der Waals surface area contributed by atoms with E-state index in [1.165, 1.54) is 32.1 Å². The fourth-order valence-corrected chi connectivity index (χ4v) is 4.23. The van der Waals surface area contributed by atoms with Crippen molar-refractivity contribution < 1.29 is 9.53 Å². The van der Waals surface area contributed by atoms with E-state index in [2.05, 4.69) is 11.8 Å². The molecule has 1 amide bonds. The van der Waals surface area contributed by atoms with Crippen molar-refractivity contribution in [2.75, 3.05) is 0 Å². The van der Waals surface area contributed by atoms with Gasteiger partial charge in [-0.15, -0.1) is 0 Å². The molecule has 2 atom stereocenters. The van der Waals surface area contributed by atoms with Gasteiger partial charge in [0, 0.05) is 12.1 Å². The van der Waals surface area contributed by atoms with Gasteiger partial charge in [0.25, 0.3) is 0 Å². The molecule has 3 nitrogen and oxygen atoms in total. The number of carbonyl (C=O) groups excluding carboxylic acids is 1. The predicted octanol–water partition coefficient (Wildman–Crippen LogP) is 4.76. The summed E-state index contributed by atoms with van der Waals surface area (Å²) in [5.41, 5.74) is 1.06. The lowest BCUT2D eigenvalue weighted by Crippen LogP contribution is -2.54. The number of piperidine rings is 2. The fraction of sp³-hybridized carbons (Fsp3) is 0.632. The van der Waals surface area contributed by atoms with Gasteiger partial charge in [-0.2, -0.15) is 0 Å². The van der Waals surface area contributed by atoms with Crippen LogP contribution in [0.15, 0.2) is 30.3 Å². The van der Waals surface area contributed by atoms with Gasteiger partial charge in [-0.25, -0.2) is 4.79 Å².